The second-order valence-corrected chi connectivity index (χ2v) is 17.7. The summed E-state index contributed by atoms with van der Waals surface area (Å²) in [6, 6.07) is 0. The van der Waals surface area contributed by atoms with Crippen LogP contribution >= 0.6 is 31.4 Å². The van der Waals surface area contributed by atoms with Crippen molar-refractivity contribution in [2.24, 2.45) is 0 Å². The van der Waals surface area contributed by atoms with Crippen LogP contribution in [0.2, 0.25) is 26.2 Å². The Balaban J connectivity index is 3.31. The van der Waals surface area contributed by atoms with Gasteiger partial charge in [-0.05, 0) is 35.5 Å². The third kappa shape index (κ3) is 14.3. The molecule has 0 amide bonds. The van der Waals surface area contributed by atoms with Gasteiger partial charge < -0.3 is 9.47 Å². The zero-order valence-corrected chi connectivity index (χ0v) is 20.8. The van der Waals surface area contributed by atoms with E-state index >= 15 is 0 Å². The first-order chi connectivity index (χ1) is 11.0. The molecule has 0 radical (unpaired) electrons. The molecule has 0 aliphatic carbocycles. The van der Waals surface area contributed by atoms with Gasteiger partial charge in [0.15, 0.2) is 0 Å². The van der Waals surface area contributed by atoms with Gasteiger partial charge in [-0.25, -0.2) is 0 Å². The van der Waals surface area contributed by atoms with E-state index in [1.807, 2.05) is 45.6 Å². The van der Waals surface area contributed by atoms with Gasteiger partial charge in [0, 0.05) is 37.2 Å². The van der Waals surface area contributed by atoms with Crippen molar-refractivity contribution >= 4 is 49.0 Å². The molecule has 23 heavy (non-hydrogen) atoms. The molecule has 0 fully saturated rings. The SMILES string of the molecule is COC(CCCCSSSCCCCC(OC)[SiH](C)C)[SiH](C)C. The highest BCUT2D eigenvalue weighted by atomic mass is 33.5. The van der Waals surface area contributed by atoms with Crippen molar-refractivity contribution in [1.29, 1.82) is 0 Å². The maximum absolute atomic E-state index is 5.57. The molecule has 0 N–H and O–H groups in total. The lowest BCUT2D eigenvalue weighted by molar-refractivity contribution is 0.152. The van der Waals surface area contributed by atoms with Gasteiger partial charge in [0.05, 0.1) is 17.6 Å². The number of hydrogen-bond donors (Lipinski definition) is 0. The number of hydrogen-bond acceptors (Lipinski definition) is 5. The molecule has 2 atom stereocenters. The second-order valence-electron chi connectivity index (χ2n) is 6.74. The Hall–Kier alpha value is 1.40. The maximum Gasteiger partial charge on any atom is 0.0655 e. The van der Waals surface area contributed by atoms with Gasteiger partial charge in [-0.15, -0.1) is 0 Å². The van der Waals surface area contributed by atoms with E-state index in [-0.39, 0.29) is 0 Å². The van der Waals surface area contributed by atoms with Crippen LogP contribution in [0.5, 0.6) is 0 Å². The molecule has 0 aliphatic heterocycles. The molecular weight excluding hydrogens is 377 g/mol. The predicted octanol–water partition coefficient (Wildman–Crippen LogP) is 5.44. The van der Waals surface area contributed by atoms with E-state index < -0.39 is 17.6 Å². The lowest BCUT2D eigenvalue weighted by Gasteiger charge is -2.17. The van der Waals surface area contributed by atoms with Crippen LogP contribution in [-0.4, -0.2) is 54.8 Å². The zero-order chi connectivity index (χ0) is 17.5. The van der Waals surface area contributed by atoms with E-state index in [4.69, 9.17) is 9.47 Å². The average molecular weight is 415 g/mol. The summed E-state index contributed by atoms with van der Waals surface area (Å²) in [6.07, 6.45) is 7.82. The molecular formula is C16H38O2S3Si2. The molecule has 140 valence electrons. The Bertz CT molecular complexity index is 235. The Labute approximate surface area is 160 Å². The Morgan fingerprint density at radius 2 is 1.09 bits per heavy atom. The summed E-state index contributed by atoms with van der Waals surface area (Å²) in [5.74, 6) is 2.55. The van der Waals surface area contributed by atoms with Crippen molar-refractivity contribution in [2.45, 2.75) is 76.2 Å². The Morgan fingerprint density at radius 3 is 1.39 bits per heavy atom. The fraction of sp³-hybridized carbons (Fsp3) is 1.00. The predicted molar refractivity (Wildman–Crippen MR) is 120 cm³/mol. The minimum absolute atomic E-state index is 0.576. The highest BCUT2D eigenvalue weighted by Gasteiger charge is 2.13. The van der Waals surface area contributed by atoms with Crippen LogP contribution in [0.4, 0.5) is 0 Å². The van der Waals surface area contributed by atoms with Crippen LogP contribution in [-0.2, 0) is 9.47 Å². The molecule has 0 aromatic rings. The van der Waals surface area contributed by atoms with Gasteiger partial charge in [0.2, 0.25) is 0 Å². The quantitative estimate of drug-likeness (QED) is 0.190. The molecule has 0 saturated carbocycles. The molecule has 0 rings (SSSR count). The monoisotopic (exact) mass is 414 g/mol. The summed E-state index contributed by atoms with van der Waals surface area (Å²) in [7, 11) is 8.52. The lowest BCUT2D eigenvalue weighted by Crippen LogP contribution is -2.26. The highest BCUT2D eigenvalue weighted by Crippen LogP contribution is 2.35. The standard InChI is InChI=1S/C16H38O2S3Si2/c1-17-15(22(3)4)11-7-9-13-19-21-20-14-10-8-12-16(18-2)23(5)6/h15-16,22-23H,7-14H2,1-6H3. The summed E-state index contributed by atoms with van der Waals surface area (Å²) in [6.45, 7) is 9.53. The number of methoxy groups -OCH3 is 2. The molecule has 2 nitrogen and oxygen atoms in total. The summed E-state index contributed by atoms with van der Waals surface area (Å²) in [5, 5.41) is 0. The van der Waals surface area contributed by atoms with Crippen molar-refractivity contribution in [3.63, 3.8) is 0 Å². The summed E-state index contributed by atoms with van der Waals surface area (Å²) < 4.78 is 11.1. The Morgan fingerprint density at radius 1 is 0.696 bits per heavy atom. The van der Waals surface area contributed by atoms with Crippen LogP contribution in [0.15, 0.2) is 0 Å². The summed E-state index contributed by atoms with van der Waals surface area (Å²) >= 11 is 0. The number of ether oxygens (including phenoxy) is 2. The van der Waals surface area contributed by atoms with Gasteiger partial charge in [0.25, 0.3) is 0 Å². The summed E-state index contributed by atoms with van der Waals surface area (Å²) in [5.41, 5.74) is 1.15. The van der Waals surface area contributed by atoms with Gasteiger partial charge in [-0.2, -0.15) is 0 Å². The molecule has 0 aliphatic rings. The van der Waals surface area contributed by atoms with Crippen LogP contribution in [0.25, 0.3) is 0 Å². The normalized spacial score (nSPS) is 14.6. The second kappa shape index (κ2) is 16.8. The third-order valence-corrected chi connectivity index (χ3v) is 12.7. The van der Waals surface area contributed by atoms with Gasteiger partial charge in [-0.1, -0.05) is 60.6 Å². The van der Waals surface area contributed by atoms with Crippen LogP contribution < -0.4 is 0 Å². The van der Waals surface area contributed by atoms with Crippen LogP contribution in [0.1, 0.15) is 38.5 Å². The topological polar surface area (TPSA) is 18.5 Å². The van der Waals surface area contributed by atoms with E-state index in [0.29, 0.717) is 11.5 Å². The van der Waals surface area contributed by atoms with Gasteiger partial charge in [0.1, 0.15) is 0 Å². The fourth-order valence-electron chi connectivity index (χ4n) is 2.56. The molecule has 0 aromatic carbocycles. The minimum Gasteiger partial charge on any atom is -0.385 e. The third-order valence-electron chi connectivity index (χ3n) is 4.12. The number of rotatable bonds is 16. The minimum atomic E-state index is -0.628. The van der Waals surface area contributed by atoms with Crippen molar-refractivity contribution < 1.29 is 9.47 Å². The molecule has 0 spiro atoms. The first-order valence-corrected chi connectivity index (χ1v) is 18.8. The van der Waals surface area contributed by atoms with Crippen molar-refractivity contribution in [1.82, 2.24) is 0 Å². The van der Waals surface area contributed by atoms with Crippen molar-refractivity contribution in [3.8, 4) is 0 Å². The number of unbranched alkanes of at least 4 members (excludes halogenated alkanes) is 2. The molecule has 2 unspecified atom stereocenters. The molecule has 0 bridgehead atoms. The van der Waals surface area contributed by atoms with E-state index in [2.05, 4.69) is 26.2 Å². The highest BCUT2D eigenvalue weighted by molar-refractivity contribution is 9.09. The van der Waals surface area contributed by atoms with Crippen molar-refractivity contribution in [3.05, 3.63) is 0 Å². The first-order valence-electron chi connectivity index (χ1n) is 8.99. The smallest absolute Gasteiger partial charge is 0.0655 e. The fourth-order valence-corrected chi connectivity index (χ4v) is 9.46. The molecule has 0 heterocycles. The van der Waals surface area contributed by atoms with E-state index in [0.717, 1.165) is 0 Å². The Kier molecular flexibility index (Phi) is 17.9. The zero-order valence-electron chi connectivity index (χ0n) is 16.0. The van der Waals surface area contributed by atoms with Crippen LogP contribution in [0, 0.1) is 0 Å². The largest absolute Gasteiger partial charge is 0.385 e. The molecule has 0 aromatic heterocycles. The first kappa shape index (κ1) is 24.4. The van der Waals surface area contributed by atoms with E-state index in [1.54, 1.807) is 0 Å². The molecule has 7 heteroatoms. The lowest BCUT2D eigenvalue weighted by atomic mass is 10.3. The average Bonchev–Trinajstić information content (AvgIpc) is 2.51. The van der Waals surface area contributed by atoms with E-state index in [9.17, 15) is 0 Å². The van der Waals surface area contributed by atoms with Gasteiger partial charge in [-0.3, -0.25) is 0 Å². The summed E-state index contributed by atoms with van der Waals surface area (Å²) in [4.78, 5) is 0. The maximum atomic E-state index is 5.57. The van der Waals surface area contributed by atoms with E-state index in [1.165, 1.54) is 50.0 Å². The van der Waals surface area contributed by atoms with Crippen LogP contribution in [0.3, 0.4) is 0 Å². The molecule has 0 saturated heterocycles. The van der Waals surface area contributed by atoms with Crippen molar-refractivity contribution in [2.75, 3.05) is 25.7 Å². The van der Waals surface area contributed by atoms with Gasteiger partial charge >= 0.3 is 0 Å².